The maximum atomic E-state index is 9.03. The number of rotatable bonds is 5. The van der Waals surface area contributed by atoms with Gasteiger partial charge in [-0.1, -0.05) is 0 Å². The Morgan fingerprint density at radius 1 is 1.55 bits per heavy atom. The molecule has 0 aromatic carbocycles. The van der Waals surface area contributed by atoms with Crippen molar-refractivity contribution in [3.05, 3.63) is 17.3 Å². The van der Waals surface area contributed by atoms with Crippen LogP contribution in [0.25, 0.3) is 0 Å². The van der Waals surface area contributed by atoms with Crippen LogP contribution in [0.5, 0.6) is 0 Å². The third-order valence-electron chi connectivity index (χ3n) is 3.70. The van der Waals surface area contributed by atoms with E-state index in [1.807, 2.05) is 25.5 Å². The second kappa shape index (κ2) is 7.95. The maximum absolute atomic E-state index is 9.03. The predicted molar refractivity (Wildman–Crippen MR) is 94.7 cm³/mol. The molecule has 0 unspecified atom stereocenters. The van der Waals surface area contributed by atoms with Gasteiger partial charge in [-0.25, -0.2) is 4.98 Å². The molecule has 0 bridgehead atoms. The topological polar surface area (TPSA) is 64.6 Å². The summed E-state index contributed by atoms with van der Waals surface area (Å²) in [6.07, 6.45) is 5.62. The Morgan fingerprint density at radius 2 is 2.27 bits per heavy atom. The second-order valence-corrected chi connectivity index (χ2v) is 6.14. The molecule has 1 aliphatic rings. The third-order valence-corrected chi connectivity index (χ3v) is 4.11. The highest BCUT2D eigenvalue weighted by molar-refractivity contribution is 7.98. The first-order valence-corrected chi connectivity index (χ1v) is 8.70. The highest BCUT2D eigenvalue weighted by atomic mass is 32.2. The van der Waals surface area contributed by atoms with Crippen LogP contribution in [0.15, 0.2) is 16.1 Å². The van der Waals surface area contributed by atoms with Crippen molar-refractivity contribution in [2.75, 3.05) is 30.1 Å². The molecule has 2 rings (SSSR count). The van der Waals surface area contributed by atoms with E-state index in [1.54, 1.807) is 11.8 Å². The summed E-state index contributed by atoms with van der Waals surface area (Å²) in [6, 6.07) is 4.34. The molecule has 22 heavy (non-hydrogen) atoms. The molecule has 1 aromatic rings. The van der Waals surface area contributed by atoms with E-state index in [0.29, 0.717) is 0 Å². The molecule has 0 amide bonds. The van der Waals surface area contributed by atoms with Crippen molar-refractivity contribution >= 4 is 36.2 Å². The van der Waals surface area contributed by atoms with E-state index in [2.05, 4.69) is 32.7 Å². The summed E-state index contributed by atoms with van der Waals surface area (Å²) >= 11 is 1.67. The van der Waals surface area contributed by atoms with Gasteiger partial charge in [0.15, 0.2) is 5.82 Å². The van der Waals surface area contributed by atoms with Crippen LogP contribution < -0.4 is 4.90 Å². The normalized spacial score (nSPS) is 16.0. The summed E-state index contributed by atoms with van der Waals surface area (Å²) in [5, 5.41) is 9.03. The Balaban J connectivity index is 2.31. The molecule has 0 atom stereocenters. The van der Waals surface area contributed by atoms with Crippen LogP contribution in [0, 0.1) is 24.2 Å². The van der Waals surface area contributed by atoms with Gasteiger partial charge in [0.25, 0.3) is 0 Å². The molecule has 5 nitrogen and oxygen atoms in total. The van der Waals surface area contributed by atoms with Gasteiger partial charge in [-0.05, 0) is 38.8 Å². The van der Waals surface area contributed by atoms with E-state index in [0.717, 1.165) is 54.6 Å². The van der Waals surface area contributed by atoms with Crippen LogP contribution in [-0.4, -0.2) is 43.1 Å². The first-order chi connectivity index (χ1) is 10.7. The van der Waals surface area contributed by atoms with E-state index >= 15 is 0 Å². The predicted octanol–water partition coefficient (Wildman–Crippen LogP) is 3.20. The Hall–Kier alpha value is -1.87. The van der Waals surface area contributed by atoms with Gasteiger partial charge in [0.2, 0.25) is 0 Å². The van der Waals surface area contributed by atoms with Crippen molar-refractivity contribution in [1.29, 1.82) is 5.26 Å². The lowest BCUT2D eigenvalue weighted by Crippen LogP contribution is -2.34. The maximum Gasteiger partial charge on any atom is 0.155 e. The fraction of sp³-hybridized carbons (Fsp3) is 0.500. The highest BCUT2D eigenvalue weighted by Gasteiger charge is 2.22. The Bertz CT molecular complexity index is 597. The minimum absolute atomic E-state index is 0.156. The molecule has 1 aromatic heterocycles. The number of piperidine rings is 1. The molecule has 0 aliphatic carbocycles. The number of nitrogens with zero attached hydrogens (tertiary/aromatic N) is 5. The molecular weight excluding hydrogens is 294 g/mol. The van der Waals surface area contributed by atoms with Gasteiger partial charge in [0, 0.05) is 36.5 Å². The van der Waals surface area contributed by atoms with E-state index < -0.39 is 0 Å². The zero-order valence-electron chi connectivity index (χ0n) is 13.1. The molecule has 1 fully saturated rings. The van der Waals surface area contributed by atoms with Gasteiger partial charge in [0.1, 0.15) is 5.69 Å². The highest BCUT2D eigenvalue weighted by Crippen LogP contribution is 2.32. The Morgan fingerprint density at radius 3 is 2.86 bits per heavy atom. The molecule has 0 spiro atoms. The molecule has 0 N–H and O–H groups in total. The summed E-state index contributed by atoms with van der Waals surface area (Å²) < 4.78 is 0. The number of pyridine rings is 1. The number of nitriles is 1. The van der Waals surface area contributed by atoms with Gasteiger partial charge >= 0.3 is 0 Å². The van der Waals surface area contributed by atoms with Crippen molar-refractivity contribution in [3.8, 4) is 6.07 Å². The number of anilines is 1. The van der Waals surface area contributed by atoms with Gasteiger partial charge in [-0.2, -0.15) is 5.26 Å². The molecule has 6 heteroatoms. The van der Waals surface area contributed by atoms with E-state index in [4.69, 9.17) is 5.26 Å². The molecule has 116 valence electrons. The monoisotopic (exact) mass is 315 g/mol. The van der Waals surface area contributed by atoms with Crippen molar-refractivity contribution in [2.24, 2.45) is 15.9 Å². The van der Waals surface area contributed by atoms with Crippen LogP contribution in [0.2, 0.25) is 0 Å². The summed E-state index contributed by atoms with van der Waals surface area (Å²) in [4.78, 5) is 15.4. The van der Waals surface area contributed by atoms with Crippen molar-refractivity contribution < 1.29 is 0 Å². The molecule has 0 saturated carbocycles. The van der Waals surface area contributed by atoms with Crippen LogP contribution in [0.4, 0.5) is 11.5 Å². The second-order valence-electron chi connectivity index (χ2n) is 5.30. The lowest BCUT2D eigenvalue weighted by molar-refractivity contribution is 0.485. The average molecular weight is 315 g/mol. The third kappa shape index (κ3) is 3.86. The lowest BCUT2D eigenvalue weighted by Gasteiger charge is -2.31. The van der Waals surface area contributed by atoms with Gasteiger partial charge in [-0.3, -0.25) is 9.98 Å². The Labute approximate surface area is 136 Å². The number of thioether (sulfide) groups is 1. The standard InChI is InChI=1S/C16H21N5S/c1-12-8-14(10-19-11-22-3)15(18-2)16(20-12)21-6-4-13(9-17)5-7-21/h8,10,13H,2,4-7,11H2,1,3H3. The molecule has 0 radical (unpaired) electrons. The molecule has 2 heterocycles. The van der Waals surface area contributed by atoms with Crippen LogP contribution in [0.1, 0.15) is 24.1 Å². The van der Waals surface area contributed by atoms with Crippen molar-refractivity contribution in [1.82, 2.24) is 4.98 Å². The Kier molecular flexibility index (Phi) is 5.96. The van der Waals surface area contributed by atoms with E-state index in [9.17, 15) is 0 Å². The minimum atomic E-state index is 0.156. The van der Waals surface area contributed by atoms with Gasteiger partial charge in [0.05, 0.1) is 11.9 Å². The van der Waals surface area contributed by atoms with Gasteiger partial charge in [-0.15, -0.1) is 11.8 Å². The molecule has 1 aliphatic heterocycles. The average Bonchev–Trinajstić information content (AvgIpc) is 2.54. The van der Waals surface area contributed by atoms with Crippen LogP contribution in [-0.2, 0) is 0 Å². The molecule has 1 saturated heterocycles. The summed E-state index contributed by atoms with van der Waals surface area (Å²) in [5.41, 5.74) is 2.68. The zero-order chi connectivity index (χ0) is 15.9. The van der Waals surface area contributed by atoms with E-state index in [-0.39, 0.29) is 5.92 Å². The number of aryl methyl sites for hydroxylation is 1. The zero-order valence-corrected chi connectivity index (χ0v) is 13.9. The smallest absolute Gasteiger partial charge is 0.155 e. The minimum Gasteiger partial charge on any atom is -0.355 e. The SMILES string of the molecule is C=Nc1c(C=NCSC)cc(C)nc1N1CCC(C#N)CC1. The quantitative estimate of drug-likeness (QED) is 0.783. The number of hydrogen-bond acceptors (Lipinski definition) is 6. The number of hydrogen-bond donors (Lipinski definition) is 0. The first kappa shape index (κ1) is 16.5. The van der Waals surface area contributed by atoms with Gasteiger partial charge < -0.3 is 4.90 Å². The fourth-order valence-electron chi connectivity index (χ4n) is 2.59. The summed E-state index contributed by atoms with van der Waals surface area (Å²) in [5.74, 6) is 1.74. The summed E-state index contributed by atoms with van der Waals surface area (Å²) in [7, 11) is 0. The first-order valence-electron chi connectivity index (χ1n) is 7.31. The summed E-state index contributed by atoms with van der Waals surface area (Å²) in [6.45, 7) is 7.34. The fourth-order valence-corrected chi connectivity index (χ4v) is 2.81. The van der Waals surface area contributed by atoms with E-state index in [1.165, 1.54) is 0 Å². The molecular formula is C16H21N5S. The lowest BCUT2D eigenvalue weighted by atomic mass is 9.98. The van der Waals surface area contributed by atoms with Crippen molar-refractivity contribution in [3.63, 3.8) is 0 Å². The number of aliphatic imine (C=N–C) groups is 2. The largest absolute Gasteiger partial charge is 0.355 e. The number of aromatic nitrogens is 1. The van der Waals surface area contributed by atoms with Crippen molar-refractivity contribution in [2.45, 2.75) is 19.8 Å². The van der Waals surface area contributed by atoms with Crippen LogP contribution in [0.3, 0.4) is 0 Å². The van der Waals surface area contributed by atoms with Crippen LogP contribution >= 0.6 is 11.8 Å².